The van der Waals surface area contributed by atoms with Gasteiger partial charge in [0.05, 0.1) is 23.8 Å². The van der Waals surface area contributed by atoms with Crippen LogP contribution in [0.3, 0.4) is 0 Å². The fourth-order valence-electron chi connectivity index (χ4n) is 3.29. The van der Waals surface area contributed by atoms with Crippen molar-refractivity contribution in [1.29, 1.82) is 0 Å². The Morgan fingerprint density at radius 1 is 1.19 bits per heavy atom. The lowest BCUT2D eigenvalue weighted by Crippen LogP contribution is -2.46. The zero-order chi connectivity index (χ0) is 18.3. The Bertz CT molecular complexity index is 933. The van der Waals surface area contributed by atoms with Gasteiger partial charge in [-0.1, -0.05) is 17.7 Å². The van der Waals surface area contributed by atoms with Crippen LogP contribution in [0, 0.1) is 0 Å². The van der Waals surface area contributed by atoms with Gasteiger partial charge in [-0.15, -0.1) is 0 Å². The number of nitrogens with zero attached hydrogens (tertiary/aromatic N) is 5. The molecule has 8 heteroatoms. The molecule has 3 heterocycles. The summed E-state index contributed by atoms with van der Waals surface area (Å²) < 4.78 is 7.59. The Hall–Kier alpha value is -2.38. The second-order valence-corrected chi connectivity index (χ2v) is 7.11. The molecular weight excluding hydrogens is 352 g/mol. The number of ether oxygens (including phenoxy) is 1. The molecule has 2 unspecified atom stereocenters. The Kier molecular flexibility index (Phi) is 4.42. The molecule has 0 saturated carbocycles. The largest absolute Gasteiger partial charge is 0.372 e. The monoisotopic (exact) mass is 372 g/mol. The van der Waals surface area contributed by atoms with Crippen molar-refractivity contribution in [1.82, 2.24) is 19.7 Å². The third kappa shape index (κ3) is 3.32. The second kappa shape index (κ2) is 6.74. The molecule has 2 atom stereocenters. The summed E-state index contributed by atoms with van der Waals surface area (Å²) in [5.74, 6) is 1.39. The number of anilines is 3. The van der Waals surface area contributed by atoms with E-state index in [4.69, 9.17) is 26.3 Å². The van der Waals surface area contributed by atoms with Crippen LogP contribution in [0.25, 0.3) is 11.0 Å². The normalized spacial score (nSPS) is 20.5. The quantitative estimate of drug-likeness (QED) is 0.760. The van der Waals surface area contributed by atoms with Gasteiger partial charge in [0.15, 0.2) is 5.65 Å². The van der Waals surface area contributed by atoms with Crippen molar-refractivity contribution in [3.05, 3.63) is 35.5 Å². The molecule has 0 amide bonds. The van der Waals surface area contributed by atoms with Gasteiger partial charge in [-0.05, 0) is 32.0 Å². The van der Waals surface area contributed by atoms with Gasteiger partial charge in [0.2, 0.25) is 5.95 Å². The van der Waals surface area contributed by atoms with Crippen molar-refractivity contribution < 1.29 is 4.74 Å². The summed E-state index contributed by atoms with van der Waals surface area (Å²) in [5, 5.41) is 9.23. The molecule has 1 N–H and O–H groups in total. The number of hydrogen-bond donors (Lipinski definition) is 1. The van der Waals surface area contributed by atoms with Gasteiger partial charge in [0.1, 0.15) is 5.82 Å². The topological polar surface area (TPSA) is 68.1 Å². The summed E-state index contributed by atoms with van der Waals surface area (Å²) in [7, 11) is 1.88. The van der Waals surface area contributed by atoms with Gasteiger partial charge in [0.25, 0.3) is 0 Å². The molecule has 0 spiro atoms. The predicted molar refractivity (Wildman–Crippen MR) is 103 cm³/mol. The third-order valence-corrected chi connectivity index (χ3v) is 4.61. The lowest BCUT2D eigenvalue weighted by molar-refractivity contribution is -0.00569. The van der Waals surface area contributed by atoms with Crippen LogP contribution < -0.4 is 10.2 Å². The zero-order valence-electron chi connectivity index (χ0n) is 15.0. The first kappa shape index (κ1) is 17.1. The first-order valence-corrected chi connectivity index (χ1v) is 9.00. The molecule has 0 bridgehead atoms. The van der Waals surface area contributed by atoms with E-state index in [-0.39, 0.29) is 12.2 Å². The second-order valence-electron chi connectivity index (χ2n) is 6.68. The summed E-state index contributed by atoms with van der Waals surface area (Å²) in [4.78, 5) is 11.7. The molecule has 2 aromatic heterocycles. The van der Waals surface area contributed by atoms with Gasteiger partial charge in [-0.2, -0.15) is 15.1 Å². The molecule has 0 radical (unpaired) electrons. The number of rotatable bonds is 3. The molecule has 1 aliphatic rings. The Balaban J connectivity index is 1.76. The minimum Gasteiger partial charge on any atom is -0.372 e. The SMILES string of the molecule is CC1CN(c2nc(Nc3cccc(Cl)c3)c3cnn(C)c3n2)CC(C)O1. The van der Waals surface area contributed by atoms with E-state index in [2.05, 4.69) is 29.2 Å². The molecule has 26 heavy (non-hydrogen) atoms. The Morgan fingerprint density at radius 3 is 2.69 bits per heavy atom. The maximum absolute atomic E-state index is 6.11. The van der Waals surface area contributed by atoms with Crippen LogP contribution in [0.4, 0.5) is 17.5 Å². The molecule has 7 nitrogen and oxygen atoms in total. The van der Waals surface area contributed by atoms with E-state index in [9.17, 15) is 0 Å². The lowest BCUT2D eigenvalue weighted by Gasteiger charge is -2.35. The van der Waals surface area contributed by atoms with Crippen LogP contribution in [0.2, 0.25) is 5.02 Å². The van der Waals surface area contributed by atoms with Crippen molar-refractivity contribution in [2.45, 2.75) is 26.1 Å². The van der Waals surface area contributed by atoms with Gasteiger partial charge >= 0.3 is 0 Å². The number of benzene rings is 1. The molecule has 1 aromatic carbocycles. The fraction of sp³-hybridized carbons (Fsp3) is 0.389. The van der Waals surface area contributed by atoms with E-state index in [1.165, 1.54) is 0 Å². The minimum atomic E-state index is 0.133. The first-order valence-electron chi connectivity index (χ1n) is 8.62. The molecule has 1 saturated heterocycles. The Labute approximate surface area is 156 Å². The van der Waals surface area contributed by atoms with Crippen LogP contribution in [0.5, 0.6) is 0 Å². The molecule has 0 aliphatic carbocycles. The van der Waals surface area contributed by atoms with Gasteiger partial charge in [0, 0.05) is 30.8 Å². The number of fused-ring (bicyclic) bond motifs is 1. The summed E-state index contributed by atoms with van der Waals surface area (Å²) >= 11 is 6.11. The van der Waals surface area contributed by atoms with Gasteiger partial charge < -0.3 is 15.0 Å². The summed E-state index contributed by atoms with van der Waals surface area (Å²) in [6.07, 6.45) is 2.04. The number of morpholine rings is 1. The number of hydrogen-bond acceptors (Lipinski definition) is 6. The Morgan fingerprint density at radius 2 is 1.96 bits per heavy atom. The van der Waals surface area contributed by atoms with E-state index in [1.54, 1.807) is 10.9 Å². The minimum absolute atomic E-state index is 0.133. The van der Waals surface area contributed by atoms with Crippen molar-refractivity contribution in [3.8, 4) is 0 Å². The standard InChI is InChI=1S/C18H21ClN6O/c1-11-9-25(10-12(2)26-11)18-22-16(15-8-20-24(3)17(15)23-18)21-14-6-4-5-13(19)7-14/h4-8,11-12H,9-10H2,1-3H3,(H,21,22,23). The fourth-order valence-corrected chi connectivity index (χ4v) is 3.48. The van der Waals surface area contributed by atoms with Crippen LogP contribution in [-0.2, 0) is 11.8 Å². The number of aryl methyl sites for hydroxylation is 1. The predicted octanol–water partition coefficient (Wildman–Crippen LogP) is 3.37. The van der Waals surface area contributed by atoms with Crippen molar-refractivity contribution in [3.63, 3.8) is 0 Å². The molecule has 1 aliphatic heterocycles. The first-order chi connectivity index (χ1) is 12.5. The maximum atomic E-state index is 6.11. The van der Waals surface area contributed by atoms with Crippen LogP contribution in [0.1, 0.15) is 13.8 Å². The highest BCUT2D eigenvalue weighted by Gasteiger charge is 2.25. The zero-order valence-corrected chi connectivity index (χ0v) is 15.7. The summed E-state index contributed by atoms with van der Waals surface area (Å²) in [6, 6.07) is 7.56. The summed E-state index contributed by atoms with van der Waals surface area (Å²) in [6.45, 7) is 5.64. The highest BCUT2D eigenvalue weighted by Crippen LogP contribution is 2.28. The van der Waals surface area contributed by atoms with Crippen LogP contribution >= 0.6 is 11.6 Å². The van der Waals surface area contributed by atoms with E-state index in [1.807, 2.05) is 31.3 Å². The molecular formula is C18H21ClN6O. The highest BCUT2D eigenvalue weighted by atomic mass is 35.5. The smallest absolute Gasteiger partial charge is 0.229 e. The van der Waals surface area contributed by atoms with Crippen molar-refractivity contribution in [2.75, 3.05) is 23.3 Å². The molecule has 3 aromatic rings. The molecule has 136 valence electrons. The van der Waals surface area contributed by atoms with Gasteiger partial charge in [-0.25, -0.2) is 0 Å². The van der Waals surface area contributed by atoms with Crippen molar-refractivity contribution >= 4 is 40.1 Å². The average Bonchev–Trinajstić information content (AvgIpc) is 2.96. The maximum Gasteiger partial charge on any atom is 0.229 e. The number of aromatic nitrogens is 4. The molecule has 4 rings (SSSR count). The number of halogens is 1. The lowest BCUT2D eigenvalue weighted by atomic mass is 10.2. The van der Waals surface area contributed by atoms with E-state index in [0.29, 0.717) is 16.8 Å². The van der Waals surface area contributed by atoms with Gasteiger partial charge in [-0.3, -0.25) is 4.68 Å². The third-order valence-electron chi connectivity index (χ3n) is 4.37. The average molecular weight is 373 g/mol. The van der Waals surface area contributed by atoms with E-state index >= 15 is 0 Å². The van der Waals surface area contributed by atoms with Crippen LogP contribution in [0.15, 0.2) is 30.5 Å². The van der Waals surface area contributed by atoms with E-state index < -0.39 is 0 Å². The summed E-state index contributed by atoms with van der Waals surface area (Å²) in [5.41, 5.74) is 1.65. The number of nitrogens with one attached hydrogen (secondary N) is 1. The highest BCUT2D eigenvalue weighted by molar-refractivity contribution is 6.30. The molecule has 1 fully saturated rings. The van der Waals surface area contributed by atoms with Crippen molar-refractivity contribution in [2.24, 2.45) is 7.05 Å². The van der Waals surface area contributed by atoms with E-state index in [0.717, 1.165) is 29.8 Å². The van der Waals surface area contributed by atoms with Crippen LogP contribution in [-0.4, -0.2) is 45.0 Å².